The van der Waals surface area contributed by atoms with Crippen molar-refractivity contribution in [1.29, 1.82) is 0 Å². The largest absolute Gasteiger partial charge is 0.459 e. The summed E-state index contributed by atoms with van der Waals surface area (Å²) in [6.07, 6.45) is 3.16. The molecule has 11 nitrogen and oxygen atoms in total. The molecule has 5 rings (SSSR count). The number of aliphatic hydroxyl groups excluding tert-OH is 2. The second-order valence-electron chi connectivity index (χ2n) is 9.03. The molecule has 0 bridgehead atoms. The summed E-state index contributed by atoms with van der Waals surface area (Å²) in [5.41, 5.74) is 4.17. The summed E-state index contributed by atoms with van der Waals surface area (Å²) in [4.78, 5) is 12.1. The molecule has 196 valence electrons. The number of nitrogens with one attached hydrogen (secondary N) is 1. The fourth-order valence-electron chi connectivity index (χ4n) is 4.11. The standard InChI is InChI=1S/C24H26ClN5O6S/c1-37(33,34)7-6-30-11-16(10-26-30)14-2-4-15(5-3-14)22-18(25)9-19-23(28-22)29-24(27-19)36-17-8-20(32)21(12-31)35-13-17/h2-5,9-11,17,20-21,31-32H,6-8,12-13H2,1H3,(H,27,28,29). The van der Waals surface area contributed by atoms with Crippen molar-refractivity contribution in [2.45, 2.75) is 31.3 Å². The number of sulfone groups is 1. The Bertz CT molecular complexity index is 1500. The summed E-state index contributed by atoms with van der Waals surface area (Å²) in [6.45, 7) is 0.269. The zero-order chi connectivity index (χ0) is 26.2. The third-order valence-corrected chi connectivity index (χ3v) is 7.32. The summed E-state index contributed by atoms with van der Waals surface area (Å²) < 4.78 is 35.7. The minimum atomic E-state index is -3.06. The van der Waals surface area contributed by atoms with Crippen LogP contribution in [0.25, 0.3) is 33.5 Å². The van der Waals surface area contributed by atoms with Crippen LogP contribution in [0.2, 0.25) is 5.02 Å². The Kier molecular flexibility index (Phi) is 7.19. The van der Waals surface area contributed by atoms with Crippen LogP contribution in [-0.2, 0) is 21.1 Å². The lowest BCUT2D eigenvalue weighted by atomic mass is 10.0. The van der Waals surface area contributed by atoms with Gasteiger partial charge in [-0.1, -0.05) is 35.9 Å². The highest BCUT2D eigenvalue weighted by atomic mass is 35.5. The van der Waals surface area contributed by atoms with E-state index in [0.29, 0.717) is 34.8 Å². The number of aromatic nitrogens is 5. The van der Waals surface area contributed by atoms with Gasteiger partial charge in [-0.3, -0.25) is 4.68 Å². The van der Waals surface area contributed by atoms with E-state index < -0.39 is 28.1 Å². The molecule has 13 heteroatoms. The molecule has 0 radical (unpaired) electrons. The van der Waals surface area contributed by atoms with Crippen LogP contribution in [0.3, 0.4) is 0 Å². The van der Waals surface area contributed by atoms with Crippen molar-refractivity contribution in [3.63, 3.8) is 0 Å². The minimum Gasteiger partial charge on any atom is -0.459 e. The molecule has 0 saturated carbocycles. The smallest absolute Gasteiger partial charge is 0.296 e. The first-order chi connectivity index (χ1) is 17.7. The number of aryl methyl sites for hydroxylation is 1. The molecule has 1 aliphatic heterocycles. The Balaban J connectivity index is 1.31. The number of benzene rings is 1. The Morgan fingerprint density at radius 2 is 1.97 bits per heavy atom. The Morgan fingerprint density at radius 3 is 2.68 bits per heavy atom. The topological polar surface area (TPSA) is 152 Å². The van der Waals surface area contributed by atoms with Gasteiger partial charge >= 0.3 is 0 Å². The molecule has 3 aromatic heterocycles. The Morgan fingerprint density at radius 1 is 1.22 bits per heavy atom. The van der Waals surface area contributed by atoms with Gasteiger partial charge in [0.1, 0.15) is 22.0 Å². The second-order valence-corrected chi connectivity index (χ2v) is 11.7. The van der Waals surface area contributed by atoms with Gasteiger partial charge in [0.05, 0.1) is 54.0 Å². The number of fused-ring (bicyclic) bond motifs is 1. The monoisotopic (exact) mass is 547 g/mol. The first kappa shape index (κ1) is 25.6. The number of halogens is 1. The Labute approximate surface area is 218 Å². The van der Waals surface area contributed by atoms with Crippen molar-refractivity contribution in [2.75, 3.05) is 25.2 Å². The van der Waals surface area contributed by atoms with Crippen LogP contribution in [0.5, 0.6) is 6.01 Å². The van der Waals surface area contributed by atoms with Crippen molar-refractivity contribution < 1.29 is 28.1 Å². The molecule has 0 spiro atoms. The quantitative estimate of drug-likeness (QED) is 0.301. The molecule has 3 N–H and O–H groups in total. The molecular formula is C24H26ClN5O6S. The van der Waals surface area contributed by atoms with Gasteiger partial charge in [0, 0.05) is 30.0 Å². The summed E-state index contributed by atoms with van der Waals surface area (Å²) in [5.74, 6) is 0.0280. The number of aromatic amines is 1. The average molecular weight is 548 g/mol. The van der Waals surface area contributed by atoms with Crippen LogP contribution in [0.15, 0.2) is 42.7 Å². The number of hydrogen-bond donors (Lipinski definition) is 3. The van der Waals surface area contributed by atoms with Crippen LogP contribution >= 0.6 is 11.6 Å². The number of imidazole rings is 1. The van der Waals surface area contributed by atoms with E-state index in [0.717, 1.165) is 16.7 Å². The molecule has 3 atom stereocenters. The lowest BCUT2D eigenvalue weighted by Gasteiger charge is -2.31. The number of rotatable bonds is 8. The number of ether oxygens (including phenoxy) is 2. The lowest BCUT2D eigenvalue weighted by Crippen LogP contribution is -2.45. The maximum absolute atomic E-state index is 11.4. The molecule has 3 unspecified atom stereocenters. The number of hydrogen-bond acceptors (Lipinski definition) is 9. The third kappa shape index (κ3) is 5.94. The molecule has 0 aliphatic carbocycles. The van der Waals surface area contributed by atoms with Gasteiger partial charge in [-0.2, -0.15) is 10.1 Å². The number of pyridine rings is 1. The van der Waals surface area contributed by atoms with E-state index in [2.05, 4.69) is 20.1 Å². The first-order valence-electron chi connectivity index (χ1n) is 11.6. The number of aliphatic hydroxyl groups is 2. The summed E-state index contributed by atoms with van der Waals surface area (Å²) in [5, 5.41) is 23.9. The van der Waals surface area contributed by atoms with E-state index in [1.165, 1.54) is 6.26 Å². The molecular weight excluding hydrogens is 522 g/mol. The average Bonchev–Trinajstić information content (AvgIpc) is 3.48. The van der Waals surface area contributed by atoms with Crippen molar-refractivity contribution in [3.05, 3.63) is 47.7 Å². The van der Waals surface area contributed by atoms with E-state index in [-0.39, 0.29) is 25.0 Å². The zero-order valence-electron chi connectivity index (χ0n) is 19.9. The van der Waals surface area contributed by atoms with Crippen LogP contribution in [0.4, 0.5) is 0 Å². The molecule has 1 aromatic carbocycles. The summed E-state index contributed by atoms with van der Waals surface area (Å²) in [6, 6.07) is 9.59. The van der Waals surface area contributed by atoms with Gasteiger partial charge in [0.2, 0.25) is 0 Å². The summed E-state index contributed by atoms with van der Waals surface area (Å²) >= 11 is 6.53. The van der Waals surface area contributed by atoms with E-state index in [1.807, 2.05) is 30.5 Å². The van der Waals surface area contributed by atoms with Gasteiger partial charge in [0.15, 0.2) is 5.65 Å². The van der Waals surface area contributed by atoms with Gasteiger partial charge in [-0.05, 0) is 11.6 Å². The molecule has 4 aromatic rings. The molecule has 4 heterocycles. The maximum atomic E-state index is 11.4. The van der Waals surface area contributed by atoms with E-state index in [9.17, 15) is 18.6 Å². The predicted molar refractivity (Wildman–Crippen MR) is 137 cm³/mol. The van der Waals surface area contributed by atoms with Gasteiger partial charge in [-0.25, -0.2) is 13.4 Å². The first-order valence-corrected chi connectivity index (χ1v) is 14.1. The fourth-order valence-corrected chi connectivity index (χ4v) is 4.89. The molecule has 0 amide bonds. The maximum Gasteiger partial charge on any atom is 0.296 e. The van der Waals surface area contributed by atoms with Crippen molar-refractivity contribution in [1.82, 2.24) is 24.7 Å². The SMILES string of the molecule is CS(=O)(=O)CCn1cc(-c2ccc(-c3nc4nc(OC5COC(CO)C(O)C5)[nH]c4cc3Cl)cc2)cn1. The molecule has 1 aliphatic rings. The van der Waals surface area contributed by atoms with E-state index in [4.69, 9.17) is 21.1 Å². The van der Waals surface area contributed by atoms with Crippen molar-refractivity contribution >= 4 is 32.6 Å². The van der Waals surface area contributed by atoms with Crippen LogP contribution in [0, 0.1) is 0 Å². The molecule has 1 saturated heterocycles. The fraction of sp³-hybridized carbons (Fsp3) is 0.375. The summed E-state index contributed by atoms with van der Waals surface area (Å²) in [7, 11) is -3.06. The predicted octanol–water partition coefficient (Wildman–Crippen LogP) is 2.08. The minimum absolute atomic E-state index is 0.0280. The third-order valence-electron chi connectivity index (χ3n) is 6.11. The Hall–Kier alpha value is -3.03. The van der Waals surface area contributed by atoms with Crippen LogP contribution in [-0.4, -0.2) is 86.9 Å². The van der Waals surface area contributed by atoms with Crippen molar-refractivity contribution in [3.8, 4) is 28.4 Å². The lowest BCUT2D eigenvalue weighted by molar-refractivity contribution is -0.131. The van der Waals surface area contributed by atoms with Crippen molar-refractivity contribution in [2.24, 2.45) is 0 Å². The van der Waals surface area contributed by atoms with E-state index in [1.54, 1.807) is 16.9 Å². The highest BCUT2D eigenvalue weighted by molar-refractivity contribution is 7.90. The second kappa shape index (κ2) is 10.4. The number of nitrogens with zero attached hydrogens (tertiary/aromatic N) is 4. The van der Waals surface area contributed by atoms with Gasteiger partial charge < -0.3 is 24.7 Å². The molecule has 37 heavy (non-hydrogen) atoms. The van der Waals surface area contributed by atoms with Crippen LogP contribution in [0.1, 0.15) is 6.42 Å². The highest BCUT2D eigenvalue weighted by Crippen LogP contribution is 2.31. The van der Waals surface area contributed by atoms with E-state index >= 15 is 0 Å². The zero-order valence-corrected chi connectivity index (χ0v) is 21.5. The highest BCUT2D eigenvalue weighted by Gasteiger charge is 2.31. The number of H-pyrrole nitrogens is 1. The molecule has 1 fully saturated rings. The normalized spacial score (nSPS) is 20.4. The van der Waals surface area contributed by atoms with Gasteiger partial charge in [0.25, 0.3) is 6.01 Å². The van der Waals surface area contributed by atoms with Crippen LogP contribution < -0.4 is 4.74 Å². The van der Waals surface area contributed by atoms with Gasteiger partial charge in [-0.15, -0.1) is 0 Å².